The molecule has 8 nitrogen and oxygen atoms in total. The topological polar surface area (TPSA) is 111 Å². The summed E-state index contributed by atoms with van der Waals surface area (Å²) in [7, 11) is 0. The zero-order chi connectivity index (χ0) is 31.0. The first-order valence-corrected chi connectivity index (χ1v) is 16.0. The molecule has 4 heterocycles. The summed E-state index contributed by atoms with van der Waals surface area (Å²) >= 11 is 0. The van der Waals surface area contributed by atoms with Crippen molar-refractivity contribution in [3.05, 3.63) is 86.5 Å². The molecule has 0 saturated carbocycles. The molecule has 2 aliphatic rings. The SMILES string of the molecule is CCC1CC(Nc2c(C)c(C(N)=O)cc(-c3ccc4c(ccn4C4CCOCC4)c3)c2Cc2c(C)cc(C)[nH]c2=O)CCO1. The van der Waals surface area contributed by atoms with E-state index in [9.17, 15) is 9.59 Å². The van der Waals surface area contributed by atoms with Crippen LogP contribution < -0.4 is 16.6 Å². The van der Waals surface area contributed by atoms with Gasteiger partial charge in [-0.1, -0.05) is 13.0 Å². The maximum atomic E-state index is 13.3. The molecule has 2 fully saturated rings. The van der Waals surface area contributed by atoms with Gasteiger partial charge in [0.25, 0.3) is 5.56 Å². The number of hydrogen-bond acceptors (Lipinski definition) is 5. The van der Waals surface area contributed by atoms with Crippen molar-refractivity contribution < 1.29 is 14.3 Å². The standard InChI is InChI=1S/C36H44N4O4/c1-5-28-18-26(9-15-44-28)39-34-23(4)30(35(37)41)20-31(32(34)19-29-21(2)16-22(3)38-36(29)42)24-6-7-33-25(17-24)8-12-40(33)27-10-13-43-14-11-27/h6-8,12,16-17,20,26-28,39H,5,9-11,13-15,18-19H2,1-4H3,(H2,37,41)(H,38,42). The van der Waals surface area contributed by atoms with Crippen LogP contribution in [0.1, 0.15) is 83.4 Å². The third kappa shape index (κ3) is 5.93. The van der Waals surface area contributed by atoms with E-state index in [-0.39, 0.29) is 17.7 Å². The minimum Gasteiger partial charge on any atom is -0.382 e. The van der Waals surface area contributed by atoms with Crippen LogP contribution in [0, 0.1) is 20.8 Å². The molecule has 2 unspecified atom stereocenters. The van der Waals surface area contributed by atoms with Gasteiger partial charge in [0.05, 0.1) is 6.10 Å². The number of hydrogen-bond donors (Lipinski definition) is 3. The molecule has 0 aliphatic carbocycles. The fraction of sp³-hybridized carbons (Fsp3) is 0.444. The number of rotatable bonds is 8. The quantitative estimate of drug-likeness (QED) is 0.220. The average Bonchev–Trinajstić information content (AvgIpc) is 3.44. The smallest absolute Gasteiger partial charge is 0.251 e. The van der Waals surface area contributed by atoms with Crippen molar-refractivity contribution in [2.45, 2.75) is 84.4 Å². The van der Waals surface area contributed by atoms with Crippen molar-refractivity contribution in [2.75, 3.05) is 25.1 Å². The molecular formula is C36H44N4O4. The number of fused-ring (bicyclic) bond motifs is 1. The summed E-state index contributed by atoms with van der Waals surface area (Å²) in [5.74, 6) is -0.465. The third-order valence-electron chi connectivity index (χ3n) is 9.59. The van der Waals surface area contributed by atoms with Gasteiger partial charge >= 0.3 is 0 Å². The number of amides is 1. The zero-order valence-electron chi connectivity index (χ0n) is 26.3. The molecule has 4 aromatic rings. The van der Waals surface area contributed by atoms with Crippen molar-refractivity contribution in [3.8, 4) is 11.1 Å². The first-order chi connectivity index (χ1) is 21.2. The Kier molecular flexibility index (Phi) is 8.65. The predicted molar refractivity (Wildman–Crippen MR) is 176 cm³/mol. The van der Waals surface area contributed by atoms with Crippen molar-refractivity contribution in [2.24, 2.45) is 5.73 Å². The third-order valence-corrected chi connectivity index (χ3v) is 9.59. The normalized spacial score (nSPS) is 19.4. The minimum absolute atomic E-state index is 0.0860. The lowest BCUT2D eigenvalue weighted by Gasteiger charge is -2.32. The second-order valence-corrected chi connectivity index (χ2v) is 12.5. The second-order valence-electron chi connectivity index (χ2n) is 12.5. The Hall–Kier alpha value is -3.88. The highest BCUT2D eigenvalue weighted by molar-refractivity contribution is 5.99. The van der Waals surface area contributed by atoms with Crippen LogP contribution in [0.2, 0.25) is 0 Å². The van der Waals surface area contributed by atoms with Gasteiger partial charge in [-0.3, -0.25) is 9.59 Å². The second kappa shape index (κ2) is 12.6. The molecule has 2 saturated heterocycles. The first-order valence-electron chi connectivity index (χ1n) is 16.0. The Labute approximate surface area is 258 Å². The number of carbonyl (C=O) groups is 1. The van der Waals surface area contributed by atoms with E-state index < -0.39 is 5.91 Å². The van der Waals surface area contributed by atoms with E-state index in [0.717, 1.165) is 95.5 Å². The van der Waals surface area contributed by atoms with Crippen molar-refractivity contribution >= 4 is 22.5 Å². The highest BCUT2D eigenvalue weighted by atomic mass is 16.5. The monoisotopic (exact) mass is 596 g/mol. The first kappa shape index (κ1) is 30.2. The van der Waals surface area contributed by atoms with Gasteiger partial charge in [0.15, 0.2) is 0 Å². The zero-order valence-corrected chi connectivity index (χ0v) is 26.3. The van der Waals surface area contributed by atoms with Crippen LogP contribution in [-0.2, 0) is 15.9 Å². The van der Waals surface area contributed by atoms with E-state index in [1.807, 2.05) is 32.9 Å². The number of benzene rings is 2. The molecule has 8 heteroatoms. The lowest BCUT2D eigenvalue weighted by atomic mass is 9.87. The number of primary amides is 1. The number of ether oxygens (including phenoxy) is 2. The molecule has 2 aliphatic heterocycles. The number of anilines is 1. The summed E-state index contributed by atoms with van der Waals surface area (Å²) in [6.45, 7) is 10.2. The molecule has 2 atom stereocenters. The van der Waals surface area contributed by atoms with Gasteiger partial charge in [-0.15, -0.1) is 0 Å². The van der Waals surface area contributed by atoms with Crippen LogP contribution in [-0.4, -0.2) is 47.4 Å². The summed E-state index contributed by atoms with van der Waals surface area (Å²) < 4.78 is 13.9. The van der Waals surface area contributed by atoms with Crippen molar-refractivity contribution in [3.63, 3.8) is 0 Å². The Morgan fingerprint density at radius 2 is 1.84 bits per heavy atom. The van der Waals surface area contributed by atoms with Crippen LogP contribution in [0.3, 0.4) is 0 Å². The van der Waals surface area contributed by atoms with Gasteiger partial charge in [0.2, 0.25) is 5.91 Å². The van der Waals surface area contributed by atoms with Gasteiger partial charge in [-0.2, -0.15) is 0 Å². The summed E-state index contributed by atoms with van der Waals surface area (Å²) in [6.07, 6.45) is 7.46. The molecule has 0 bridgehead atoms. The molecule has 0 radical (unpaired) electrons. The van der Waals surface area contributed by atoms with Gasteiger partial charge in [-0.05, 0) is 111 Å². The molecule has 44 heavy (non-hydrogen) atoms. The fourth-order valence-corrected chi connectivity index (χ4v) is 7.12. The van der Waals surface area contributed by atoms with Gasteiger partial charge in [0.1, 0.15) is 0 Å². The number of aromatic amines is 1. The molecular weight excluding hydrogens is 552 g/mol. The Bertz CT molecular complexity index is 1750. The number of nitrogens with one attached hydrogen (secondary N) is 2. The van der Waals surface area contributed by atoms with Crippen LogP contribution in [0.25, 0.3) is 22.0 Å². The molecule has 2 aromatic heterocycles. The molecule has 6 rings (SSSR count). The molecule has 0 spiro atoms. The van der Waals surface area contributed by atoms with E-state index in [0.29, 0.717) is 24.6 Å². The number of pyridine rings is 1. The Morgan fingerprint density at radius 3 is 2.57 bits per heavy atom. The summed E-state index contributed by atoms with van der Waals surface area (Å²) in [5.41, 5.74) is 14.7. The average molecular weight is 597 g/mol. The lowest BCUT2D eigenvalue weighted by Crippen LogP contribution is -2.34. The van der Waals surface area contributed by atoms with Gasteiger partial charge in [-0.25, -0.2) is 0 Å². The maximum Gasteiger partial charge on any atom is 0.251 e. The summed E-state index contributed by atoms with van der Waals surface area (Å²) in [5, 5.41) is 4.96. The van der Waals surface area contributed by atoms with Crippen LogP contribution in [0.4, 0.5) is 5.69 Å². The number of aryl methyl sites for hydroxylation is 2. The van der Waals surface area contributed by atoms with E-state index in [4.69, 9.17) is 15.2 Å². The fourth-order valence-electron chi connectivity index (χ4n) is 7.12. The highest BCUT2D eigenvalue weighted by Crippen LogP contribution is 2.39. The molecule has 4 N–H and O–H groups in total. The molecule has 2 aromatic carbocycles. The number of aromatic nitrogens is 2. The Balaban J connectivity index is 1.52. The number of nitrogens with zero attached hydrogens (tertiary/aromatic N) is 1. The van der Waals surface area contributed by atoms with Gasteiger partial charge in [0, 0.05) is 77.9 Å². The Morgan fingerprint density at radius 1 is 1.05 bits per heavy atom. The van der Waals surface area contributed by atoms with Gasteiger partial charge < -0.3 is 30.1 Å². The number of H-pyrrole nitrogens is 1. The van der Waals surface area contributed by atoms with Crippen LogP contribution in [0.15, 0.2) is 47.4 Å². The predicted octanol–water partition coefficient (Wildman–Crippen LogP) is 6.33. The molecule has 1 amide bonds. The van der Waals surface area contributed by atoms with E-state index in [1.54, 1.807) is 0 Å². The van der Waals surface area contributed by atoms with Crippen LogP contribution in [0.5, 0.6) is 0 Å². The maximum absolute atomic E-state index is 13.3. The number of nitrogens with two attached hydrogens (primary N) is 1. The van der Waals surface area contributed by atoms with Crippen molar-refractivity contribution in [1.82, 2.24) is 9.55 Å². The largest absolute Gasteiger partial charge is 0.382 e. The summed E-state index contributed by atoms with van der Waals surface area (Å²) in [4.78, 5) is 29.2. The number of carbonyl (C=O) groups excluding carboxylic acids is 1. The lowest BCUT2D eigenvalue weighted by molar-refractivity contribution is 0.00923. The van der Waals surface area contributed by atoms with E-state index >= 15 is 0 Å². The van der Waals surface area contributed by atoms with Crippen LogP contribution >= 0.6 is 0 Å². The van der Waals surface area contributed by atoms with Crippen molar-refractivity contribution in [1.29, 1.82) is 0 Å². The van der Waals surface area contributed by atoms with E-state index in [1.165, 1.54) is 5.52 Å². The minimum atomic E-state index is -0.465. The van der Waals surface area contributed by atoms with E-state index in [2.05, 4.69) is 52.3 Å². The highest BCUT2D eigenvalue weighted by Gasteiger charge is 2.27. The summed E-state index contributed by atoms with van der Waals surface area (Å²) in [6, 6.07) is 13.2. The molecule has 232 valence electrons.